The summed E-state index contributed by atoms with van der Waals surface area (Å²) >= 11 is 5.93. The molecule has 0 spiro atoms. The first-order valence-corrected chi connectivity index (χ1v) is 13.1. The number of sulfonamides is 1. The zero-order valence-corrected chi connectivity index (χ0v) is 20.3. The third kappa shape index (κ3) is 4.87. The van der Waals surface area contributed by atoms with Crippen LogP contribution in [0.15, 0.2) is 95.4 Å². The molecule has 8 heteroatoms. The molecule has 0 aliphatic carbocycles. The number of nitrogens with zero attached hydrogens (tertiary/aromatic N) is 1. The summed E-state index contributed by atoms with van der Waals surface area (Å²) in [5.41, 5.74) is 3.73. The van der Waals surface area contributed by atoms with Crippen molar-refractivity contribution < 1.29 is 17.6 Å². The van der Waals surface area contributed by atoms with Crippen molar-refractivity contribution in [1.29, 1.82) is 0 Å². The van der Waals surface area contributed by atoms with E-state index in [2.05, 4.69) is 5.32 Å². The summed E-state index contributed by atoms with van der Waals surface area (Å²) in [4.78, 5) is 12.8. The average molecular weight is 505 g/mol. The van der Waals surface area contributed by atoms with E-state index >= 15 is 0 Å². The van der Waals surface area contributed by atoms with Crippen LogP contribution in [0.25, 0.3) is 21.9 Å². The number of carbonyl (C=O) groups is 1. The highest BCUT2D eigenvalue weighted by molar-refractivity contribution is 7.92. The SMILES string of the molecule is CS(=O)(=O)N(Cc1ccc(Cl)cc1)c1ccc(C(=O)Nc2ccc3c(c2)oc2ccccc23)cc1. The fourth-order valence-corrected chi connectivity index (χ4v) is 4.96. The molecule has 35 heavy (non-hydrogen) atoms. The zero-order valence-electron chi connectivity index (χ0n) is 18.7. The Morgan fingerprint density at radius 1 is 0.886 bits per heavy atom. The van der Waals surface area contributed by atoms with Gasteiger partial charge in [0, 0.05) is 33.1 Å². The van der Waals surface area contributed by atoms with E-state index in [1.54, 1.807) is 54.6 Å². The molecule has 0 saturated heterocycles. The number of anilines is 2. The first-order chi connectivity index (χ1) is 16.8. The van der Waals surface area contributed by atoms with E-state index in [1.807, 2.05) is 36.4 Å². The van der Waals surface area contributed by atoms with E-state index in [0.29, 0.717) is 27.5 Å². The Balaban J connectivity index is 1.35. The number of halogens is 1. The van der Waals surface area contributed by atoms with Crippen LogP contribution in [0.1, 0.15) is 15.9 Å². The van der Waals surface area contributed by atoms with E-state index in [0.717, 1.165) is 28.2 Å². The maximum atomic E-state index is 12.8. The maximum Gasteiger partial charge on any atom is 0.255 e. The van der Waals surface area contributed by atoms with Gasteiger partial charge in [0.05, 0.1) is 18.5 Å². The molecule has 0 aliphatic rings. The van der Waals surface area contributed by atoms with Crippen molar-refractivity contribution in [3.05, 3.63) is 107 Å². The minimum atomic E-state index is -3.55. The Labute approximate surface area is 207 Å². The number of nitrogens with one attached hydrogen (secondary N) is 1. The Hall–Kier alpha value is -3.81. The lowest BCUT2D eigenvalue weighted by Gasteiger charge is -2.23. The third-order valence-corrected chi connectivity index (χ3v) is 7.09. The van der Waals surface area contributed by atoms with Crippen LogP contribution in [0.4, 0.5) is 11.4 Å². The van der Waals surface area contributed by atoms with E-state index in [9.17, 15) is 13.2 Å². The molecule has 1 amide bonds. The van der Waals surface area contributed by atoms with E-state index < -0.39 is 10.0 Å². The Bertz CT molecular complexity index is 1640. The molecular weight excluding hydrogens is 484 g/mol. The van der Waals surface area contributed by atoms with Crippen molar-refractivity contribution in [2.45, 2.75) is 6.54 Å². The standard InChI is InChI=1S/C27H21ClN2O4S/c1-35(32,33)30(17-18-6-10-20(28)11-7-18)22-13-8-19(9-14-22)27(31)29-21-12-15-24-23-4-2-3-5-25(23)34-26(24)16-21/h2-16H,17H2,1H3,(H,29,31). The zero-order chi connectivity index (χ0) is 24.6. The van der Waals surface area contributed by atoms with Crippen molar-refractivity contribution in [3.8, 4) is 0 Å². The van der Waals surface area contributed by atoms with Gasteiger partial charge in [0.1, 0.15) is 11.2 Å². The minimum Gasteiger partial charge on any atom is -0.456 e. The van der Waals surface area contributed by atoms with Crippen molar-refractivity contribution in [2.75, 3.05) is 15.9 Å². The molecular formula is C27H21ClN2O4S. The van der Waals surface area contributed by atoms with Crippen molar-refractivity contribution in [2.24, 2.45) is 0 Å². The van der Waals surface area contributed by atoms with Crippen molar-refractivity contribution in [3.63, 3.8) is 0 Å². The van der Waals surface area contributed by atoms with Gasteiger partial charge >= 0.3 is 0 Å². The molecule has 1 aromatic heterocycles. The number of benzene rings is 4. The minimum absolute atomic E-state index is 0.152. The van der Waals surface area contributed by atoms with Crippen molar-refractivity contribution in [1.82, 2.24) is 0 Å². The highest BCUT2D eigenvalue weighted by Gasteiger charge is 2.19. The first-order valence-electron chi connectivity index (χ1n) is 10.8. The number of hydrogen-bond acceptors (Lipinski definition) is 4. The molecule has 6 nitrogen and oxygen atoms in total. The fourth-order valence-electron chi connectivity index (χ4n) is 3.94. The summed E-state index contributed by atoms with van der Waals surface area (Å²) in [6, 6.07) is 26.7. The van der Waals surface area contributed by atoms with Gasteiger partial charge in [-0.3, -0.25) is 9.10 Å². The van der Waals surface area contributed by atoms with E-state index in [1.165, 1.54) is 4.31 Å². The molecule has 0 radical (unpaired) electrons. The Morgan fingerprint density at radius 3 is 2.29 bits per heavy atom. The summed E-state index contributed by atoms with van der Waals surface area (Å²) in [6.45, 7) is 0.152. The molecule has 0 unspecified atom stereocenters. The largest absolute Gasteiger partial charge is 0.456 e. The lowest BCUT2D eigenvalue weighted by atomic mass is 10.1. The number of fused-ring (bicyclic) bond motifs is 3. The third-order valence-electron chi connectivity index (χ3n) is 5.69. The van der Waals surface area contributed by atoms with Crippen molar-refractivity contribution >= 4 is 60.8 Å². The van der Waals surface area contributed by atoms with E-state index in [-0.39, 0.29) is 12.5 Å². The Kier molecular flexibility index (Phi) is 5.96. The van der Waals surface area contributed by atoms with Crippen LogP contribution >= 0.6 is 11.6 Å². The van der Waals surface area contributed by atoms with Gasteiger partial charge in [-0.15, -0.1) is 0 Å². The summed E-state index contributed by atoms with van der Waals surface area (Å²) in [5, 5.41) is 5.45. The monoisotopic (exact) mass is 504 g/mol. The van der Waals surface area contributed by atoms with Gasteiger partial charge in [-0.25, -0.2) is 8.42 Å². The molecule has 176 valence electrons. The lowest BCUT2D eigenvalue weighted by Crippen LogP contribution is -2.29. The molecule has 0 atom stereocenters. The summed E-state index contributed by atoms with van der Waals surface area (Å²) in [5.74, 6) is -0.310. The number of amides is 1. The quantitative estimate of drug-likeness (QED) is 0.288. The molecule has 0 bridgehead atoms. The number of para-hydroxylation sites is 1. The molecule has 0 fully saturated rings. The van der Waals surface area contributed by atoms with Gasteiger partial charge in [-0.2, -0.15) is 0 Å². The predicted octanol–water partition coefficient (Wildman–Crippen LogP) is 6.46. The molecule has 5 rings (SSSR count). The van der Waals surface area contributed by atoms with Crippen LogP contribution in [0.2, 0.25) is 5.02 Å². The van der Waals surface area contributed by atoms with Gasteiger partial charge in [0.15, 0.2) is 0 Å². The lowest BCUT2D eigenvalue weighted by molar-refractivity contribution is 0.102. The molecule has 1 N–H and O–H groups in total. The predicted molar refractivity (Wildman–Crippen MR) is 141 cm³/mol. The number of hydrogen-bond donors (Lipinski definition) is 1. The average Bonchev–Trinajstić information content (AvgIpc) is 3.21. The topological polar surface area (TPSA) is 79.6 Å². The first kappa shape index (κ1) is 23.0. The number of rotatable bonds is 6. The second kappa shape index (κ2) is 9.09. The number of carbonyl (C=O) groups excluding carboxylic acids is 1. The second-order valence-corrected chi connectivity index (χ2v) is 10.5. The highest BCUT2D eigenvalue weighted by Crippen LogP contribution is 2.30. The van der Waals surface area contributed by atoms with Crippen LogP contribution in [0.3, 0.4) is 0 Å². The molecule has 1 heterocycles. The van der Waals surface area contributed by atoms with Crippen LogP contribution in [0, 0.1) is 0 Å². The Morgan fingerprint density at radius 2 is 1.57 bits per heavy atom. The maximum absolute atomic E-state index is 12.8. The number of furan rings is 1. The van der Waals surface area contributed by atoms with Gasteiger partial charge in [0.25, 0.3) is 5.91 Å². The summed E-state index contributed by atoms with van der Waals surface area (Å²) < 4.78 is 32.1. The van der Waals surface area contributed by atoms with Gasteiger partial charge in [0.2, 0.25) is 10.0 Å². The fraction of sp³-hybridized carbons (Fsp3) is 0.0741. The highest BCUT2D eigenvalue weighted by atomic mass is 35.5. The van der Waals surface area contributed by atoms with Gasteiger partial charge in [-0.1, -0.05) is 41.9 Å². The molecule has 4 aromatic carbocycles. The smallest absolute Gasteiger partial charge is 0.255 e. The second-order valence-electron chi connectivity index (χ2n) is 8.21. The van der Waals surface area contributed by atoms with Crippen LogP contribution < -0.4 is 9.62 Å². The summed E-state index contributed by atoms with van der Waals surface area (Å²) in [7, 11) is -3.55. The van der Waals surface area contributed by atoms with Gasteiger partial charge < -0.3 is 9.73 Å². The summed E-state index contributed by atoms with van der Waals surface area (Å²) in [6.07, 6.45) is 1.15. The normalized spacial score (nSPS) is 11.6. The molecule has 5 aromatic rings. The van der Waals surface area contributed by atoms with Crippen LogP contribution in [-0.2, 0) is 16.6 Å². The van der Waals surface area contributed by atoms with Crippen LogP contribution in [-0.4, -0.2) is 20.6 Å². The van der Waals surface area contributed by atoms with Gasteiger partial charge in [-0.05, 0) is 60.2 Å². The molecule has 0 aliphatic heterocycles. The van der Waals surface area contributed by atoms with Crippen LogP contribution in [0.5, 0.6) is 0 Å². The molecule has 0 saturated carbocycles. The van der Waals surface area contributed by atoms with E-state index in [4.69, 9.17) is 16.0 Å².